The molecule has 1 atom stereocenters. The number of hydrogen-bond acceptors (Lipinski definition) is 5. The number of halogens is 1. The van der Waals surface area contributed by atoms with E-state index in [-0.39, 0.29) is 0 Å². The Hall–Kier alpha value is -2.73. The summed E-state index contributed by atoms with van der Waals surface area (Å²) in [6, 6.07) is 25.4. The van der Waals surface area contributed by atoms with Crippen LogP contribution in [0, 0.1) is 0 Å². The number of rotatable bonds is 12. The fourth-order valence-electron chi connectivity index (χ4n) is 4.52. The minimum atomic E-state index is 0.407. The van der Waals surface area contributed by atoms with Crippen LogP contribution in [0.4, 0.5) is 5.69 Å². The molecule has 6 heteroatoms. The lowest BCUT2D eigenvalue weighted by Crippen LogP contribution is -2.47. The van der Waals surface area contributed by atoms with Crippen molar-refractivity contribution >= 4 is 17.3 Å². The van der Waals surface area contributed by atoms with Crippen molar-refractivity contribution in [1.82, 2.24) is 10.2 Å². The molecule has 1 aliphatic heterocycles. The number of piperazine rings is 1. The molecule has 0 saturated carbocycles. The highest BCUT2D eigenvalue weighted by Gasteiger charge is 2.17. The van der Waals surface area contributed by atoms with E-state index in [1.54, 1.807) is 7.11 Å². The molecule has 0 unspecified atom stereocenters. The highest BCUT2D eigenvalue weighted by molar-refractivity contribution is 6.30. The largest absolute Gasteiger partial charge is 0.493 e. The summed E-state index contributed by atoms with van der Waals surface area (Å²) < 4.78 is 11.8. The maximum Gasteiger partial charge on any atom is 0.161 e. The molecule has 3 aromatic carbocycles. The normalized spacial score (nSPS) is 15.0. The first-order valence-corrected chi connectivity index (χ1v) is 13.3. The van der Waals surface area contributed by atoms with E-state index in [4.69, 9.17) is 21.1 Å². The number of anilines is 1. The van der Waals surface area contributed by atoms with Gasteiger partial charge in [0.25, 0.3) is 0 Å². The van der Waals surface area contributed by atoms with Crippen LogP contribution < -0.4 is 19.7 Å². The van der Waals surface area contributed by atoms with Gasteiger partial charge in [-0.2, -0.15) is 0 Å². The number of nitrogens with one attached hydrogen (secondary N) is 1. The summed E-state index contributed by atoms with van der Waals surface area (Å²) in [5.74, 6) is 1.63. The van der Waals surface area contributed by atoms with Crippen LogP contribution in [0.2, 0.25) is 5.02 Å². The first-order valence-electron chi connectivity index (χ1n) is 12.9. The van der Waals surface area contributed by atoms with Crippen molar-refractivity contribution in [3.8, 4) is 11.5 Å². The van der Waals surface area contributed by atoms with E-state index in [0.29, 0.717) is 12.6 Å². The zero-order valence-electron chi connectivity index (χ0n) is 21.5. The average Bonchev–Trinajstić information content (AvgIpc) is 2.93. The SMILES string of the molecule is COc1cc(CC[C@@H](C)NCc2ccc(Cl)cc2)ccc1OCCN1CCN(c2ccccc2)CC1. The number of ether oxygens (including phenoxy) is 2. The summed E-state index contributed by atoms with van der Waals surface area (Å²) in [6.45, 7) is 8.86. The molecule has 5 nitrogen and oxygen atoms in total. The van der Waals surface area contributed by atoms with E-state index in [1.165, 1.54) is 16.8 Å². The Morgan fingerprint density at radius 2 is 1.61 bits per heavy atom. The predicted octanol–water partition coefficient (Wildman–Crippen LogP) is 5.66. The summed E-state index contributed by atoms with van der Waals surface area (Å²) in [5, 5.41) is 4.37. The standard InChI is InChI=1S/C30H38ClN3O2/c1-24(32-23-26-10-13-27(31)14-11-26)8-9-25-12-15-29(30(22-25)35-2)36-21-20-33-16-18-34(19-17-33)28-6-4-3-5-7-28/h3-7,10-15,22,24,32H,8-9,16-21,23H2,1-2H3/t24-/m1/s1. The number of aryl methyl sites for hydroxylation is 1. The summed E-state index contributed by atoms with van der Waals surface area (Å²) in [4.78, 5) is 4.92. The van der Waals surface area contributed by atoms with E-state index >= 15 is 0 Å². The van der Waals surface area contributed by atoms with Crippen LogP contribution in [0.25, 0.3) is 0 Å². The molecule has 192 valence electrons. The van der Waals surface area contributed by atoms with Crippen molar-refractivity contribution in [1.29, 1.82) is 0 Å². The molecule has 1 heterocycles. The molecular formula is C30H38ClN3O2. The zero-order valence-corrected chi connectivity index (χ0v) is 22.2. The molecule has 1 fully saturated rings. The summed E-state index contributed by atoms with van der Waals surface area (Å²) in [7, 11) is 1.71. The Balaban J connectivity index is 1.17. The second-order valence-corrected chi connectivity index (χ2v) is 9.88. The van der Waals surface area contributed by atoms with Gasteiger partial charge in [-0.15, -0.1) is 0 Å². The smallest absolute Gasteiger partial charge is 0.161 e. The molecule has 36 heavy (non-hydrogen) atoms. The second kappa shape index (κ2) is 13.5. The molecule has 1 aliphatic rings. The molecule has 0 bridgehead atoms. The van der Waals surface area contributed by atoms with Gasteiger partial charge in [0, 0.05) is 56.0 Å². The highest BCUT2D eigenvalue weighted by atomic mass is 35.5. The molecule has 0 radical (unpaired) electrons. The van der Waals surface area contributed by atoms with Crippen LogP contribution in [0.15, 0.2) is 72.8 Å². The quantitative estimate of drug-likeness (QED) is 0.342. The Labute approximate surface area is 221 Å². The lowest BCUT2D eigenvalue weighted by molar-refractivity contribution is 0.197. The molecule has 3 aromatic rings. The molecule has 0 aliphatic carbocycles. The minimum absolute atomic E-state index is 0.407. The van der Waals surface area contributed by atoms with Crippen LogP contribution in [0.1, 0.15) is 24.5 Å². The predicted molar refractivity (Wildman–Crippen MR) is 150 cm³/mol. The van der Waals surface area contributed by atoms with E-state index in [1.807, 2.05) is 18.2 Å². The van der Waals surface area contributed by atoms with Gasteiger partial charge < -0.3 is 19.7 Å². The third-order valence-corrected chi connectivity index (χ3v) is 7.07. The van der Waals surface area contributed by atoms with Gasteiger partial charge in [0.2, 0.25) is 0 Å². The Bertz CT molecular complexity index is 1050. The van der Waals surface area contributed by atoms with Gasteiger partial charge in [-0.05, 0) is 67.3 Å². The average molecular weight is 508 g/mol. The van der Waals surface area contributed by atoms with Crippen molar-refractivity contribution in [2.75, 3.05) is 51.3 Å². The summed E-state index contributed by atoms with van der Waals surface area (Å²) in [6.07, 6.45) is 2.03. The lowest BCUT2D eigenvalue weighted by Gasteiger charge is -2.36. The van der Waals surface area contributed by atoms with E-state index in [9.17, 15) is 0 Å². The molecule has 1 saturated heterocycles. The van der Waals surface area contributed by atoms with Crippen LogP contribution in [-0.4, -0.2) is 57.4 Å². The van der Waals surface area contributed by atoms with Gasteiger partial charge in [-0.3, -0.25) is 4.90 Å². The lowest BCUT2D eigenvalue weighted by atomic mass is 10.1. The van der Waals surface area contributed by atoms with Gasteiger partial charge in [0.15, 0.2) is 11.5 Å². The van der Waals surface area contributed by atoms with Gasteiger partial charge >= 0.3 is 0 Å². The van der Waals surface area contributed by atoms with E-state index in [0.717, 1.165) is 68.6 Å². The minimum Gasteiger partial charge on any atom is -0.493 e. The topological polar surface area (TPSA) is 37.0 Å². The molecule has 4 rings (SSSR count). The van der Waals surface area contributed by atoms with E-state index in [2.05, 4.69) is 76.6 Å². The maximum atomic E-state index is 6.12. The van der Waals surface area contributed by atoms with Crippen molar-refractivity contribution in [3.05, 3.63) is 88.9 Å². The monoisotopic (exact) mass is 507 g/mol. The van der Waals surface area contributed by atoms with Crippen molar-refractivity contribution in [3.63, 3.8) is 0 Å². The molecule has 0 amide bonds. The second-order valence-electron chi connectivity index (χ2n) is 9.45. The Kier molecular flexibility index (Phi) is 9.91. The number of nitrogens with zero attached hydrogens (tertiary/aromatic N) is 2. The fourth-order valence-corrected chi connectivity index (χ4v) is 4.65. The highest BCUT2D eigenvalue weighted by Crippen LogP contribution is 2.29. The summed E-state index contributed by atoms with van der Waals surface area (Å²) in [5.41, 5.74) is 3.81. The first-order chi connectivity index (χ1) is 17.6. The number of hydrogen-bond donors (Lipinski definition) is 1. The van der Waals surface area contributed by atoms with Gasteiger partial charge in [0.1, 0.15) is 6.61 Å². The first kappa shape index (κ1) is 26.3. The summed E-state index contributed by atoms with van der Waals surface area (Å²) >= 11 is 5.97. The number of benzene rings is 3. The van der Waals surface area contributed by atoms with Gasteiger partial charge in [-0.25, -0.2) is 0 Å². The van der Waals surface area contributed by atoms with Crippen LogP contribution in [0.5, 0.6) is 11.5 Å². The third kappa shape index (κ3) is 7.89. The van der Waals surface area contributed by atoms with Gasteiger partial charge in [0.05, 0.1) is 7.11 Å². The van der Waals surface area contributed by atoms with Crippen molar-refractivity contribution in [2.24, 2.45) is 0 Å². The molecule has 0 aromatic heterocycles. The van der Waals surface area contributed by atoms with Crippen LogP contribution in [0.3, 0.4) is 0 Å². The van der Waals surface area contributed by atoms with Crippen molar-refractivity contribution in [2.45, 2.75) is 32.4 Å². The Morgan fingerprint density at radius 1 is 0.889 bits per heavy atom. The molecule has 1 N–H and O–H groups in total. The number of methoxy groups -OCH3 is 1. The molecule has 0 spiro atoms. The third-order valence-electron chi connectivity index (χ3n) is 6.82. The van der Waals surface area contributed by atoms with Crippen molar-refractivity contribution < 1.29 is 9.47 Å². The van der Waals surface area contributed by atoms with Gasteiger partial charge in [-0.1, -0.05) is 48.0 Å². The molecular weight excluding hydrogens is 470 g/mol. The maximum absolute atomic E-state index is 6.12. The zero-order chi connectivity index (χ0) is 25.2. The van der Waals surface area contributed by atoms with Crippen LogP contribution >= 0.6 is 11.6 Å². The van der Waals surface area contributed by atoms with E-state index < -0.39 is 0 Å². The fraction of sp³-hybridized carbons (Fsp3) is 0.400. The number of para-hydroxylation sites is 1. The Morgan fingerprint density at radius 3 is 2.33 bits per heavy atom. The van der Waals surface area contributed by atoms with Crippen LogP contribution in [-0.2, 0) is 13.0 Å².